The zero-order valence-electron chi connectivity index (χ0n) is 21.5. The quantitative estimate of drug-likeness (QED) is 0.379. The van der Waals surface area contributed by atoms with Gasteiger partial charge >= 0.3 is 5.97 Å². The van der Waals surface area contributed by atoms with Crippen LogP contribution in [0.3, 0.4) is 0 Å². The highest BCUT2D eigenvalue weighted by Gasteiger charge is 2.37. The fourth-order valence-electron chi connectivity index (χ4n) is 4.99. The third-order valence-electron chi connectivity index (χ3n) is 7.22. The second-order valence-corrected chi connectivity index (χ2v) is 10.6. The van der Waals surface area contributed by atoms with Crippen LogP contribution in [0.5, 0.6) is 5.75 Å². The molecule has 35 heavy (non-hydrogen) atoms. The first-order valence-corrected chi connectivity index (χ1v) is 12.5. The molecule has 3 aromatic carbocycles. The highest BCUT2D eigenvalue weighted by atomic mass is 16.5. The van der Waals surface area contributed by atoms with Gasteiger partial charge in [-0.2, -0.15) is 0 Å². The van der Waals surface area contributed by atoms with E-state index in [2.05, 4.69) is 52.0 Å². The zero-order valence-corrected chi connectivity index (χ0v) is 21.5. The maximum atomic E-state index is 12.0. The van der Waals surface area contributed by atoms with E-state index in [4.69, 9.17) is 9.47 Å². The number of esters is 1. The molecular weight excluding hydrogens is 436 g/mol. The van der Waals surface area contributed by atoms with Crippen LogP contribution in [-0.4, -0.2) is 30.9 Å². The minimum absolute atomic E-state index is 0.0398. The number of fused-ring (bicyclic) bond motifs is 1. The van der Waals surface area contributed by atoms with Gasteiger partial charge in [-0.25, -0.2) is 4.79 Å². The number of rotatable bonds is 7. The van der Waals surface area contributed by atoms with Crippen molar-refractivity contribution in [1.29, 1.82) is 0 Å². The second-order valence-electron chi connectivity index (χ2n) is 10.6. The number of hydrogen-bond donors (Lipinski definition) is 1. The lowest BCUT2D eigenvalue weighted by atomic mass is 9.63. The van der Waals surface area contributed by atoms with Crippen molar-refractivity contribution >= 4 is 5.97 Å². The Kier molecular flexibility index (Phi) is 7.05. The van der Waals surface area contributed by atoms with Crippen LogP contribution in [0.15, 0.2) is 60.7 Å². The largest absolute Gasteiger partial charge is 0.491 e. The number of hydrogen-bond acceptors (Lipinski definition) is 4. The summed E-state index contributed by atoms with van der Waals surface area (Å²) in [5.74, 6) is 0.436. The Morgan fingerprint density at radius 2 is 1.46 bits per heavy atom. The molecule has 0 heterocycles. The van der Waals surface area contributed by atoms with Crippen molar-refractivity contribution in [2.45, 2.75) is 58.3 Å². The molecule has 0 unspecified atom stereocenters. The van der Waals surface area contributed by atoms with E-state index >= 15 is 0 Å². The highest BCUT2D eigenvalue weighted by molar-refractivity contribution is 5.90. The standard InChI is InChI=1S/C31H36O4/c1-6-34-29(33)22-9-7-21(8-10-22)23-12-14-28(35-18-17-32)25(19-23)24-11-13-26-27(20-24)31(4,5)16-15-30(26,2)3/h7-14,19-20,32H,6,15-18H2,1-5H3. The summed E-state index contributed by atoms with van der Waals surface area (Å²) in [6.07, 6.45) is 2.33. The number of aliphatic hydroxyl groups is 1. The van der Waals surface area contributed by atoms with E-state index in [0.717, 1.165) is 34.4 Å². The summed E-state index contributed by atoms with van der Waals surface area (Å²) in [7, 11) is 0. The van der Waals surface area contributed by atoms with E-state index < -0.39 is 0 Å². The predicted octanol–water partition coefficient (Wildman–Crippen LogP) is 6.92. The van der Waals surface area contributed by atoms with Gasteiger partial charge in [0.1, 0.15) is 12.4 Å². The molecule has 0 saturated carbocycles. The van der Waals surface area contributed by atoms with Crippen molar-refractivity contribution in [1.82, 2.24) is 0 Å². The number of ether oxygens (including phenoxy) is 2. The van der Waals surface area contributed by atoms with Gasteiger partial charge in [0.05, 0.1) is 18.8 Å². The van der Waals surface area contributed by atoms with Crippen LogP contribution in [0.1, 0.15) is 68.9 Å². The van der Waals surface area contributed by atoms with Gasteiger partial charge in [0.15, 0.2) is 0 Å². The first-order valence-electron chi connectivity index (χ1n) is 12.5. The van der Waals surface area contributed by atoms with Crippen molar-refractivity contribution in [2.75, 3.05) is 19.8 Å². The van der Waals surface area contributed by atoms with Crippen LogP contribution < -0.4 is 4.74 Å². The molecule has 4 nitrogen and oxygen atoms in total. The van der Waals surface area contributed by atoms with Crippen molar-refractivity contribution < 1.29 is 19.4 Å². The van der Waals surface area contributed by atoms with Crippen LogP contribution >= 0.6 is 0 Å². The summed E-state index contributed by atoms with van der Waals surface area (Å²) < 4.78 is 11.0. The van der Waals surface area contributed by atoms with Crippen molar-refractivity contribution in [3.05, 3.63) is 77.4 Å². The predicted molar refractivity (Wildman–Crippen MR) is 141 cm³/mol. The van der Waals surface area contributed by atoms with Gasteiger partial charge in [0, 0.05) is 5.56 Å². The van der Waals surface area contributed by atoms with Crippen LogP contribution in [0, 0.1) is 0 Å². The Bertz CT molecular complexity index is 1210. The van der Waals surface area contributed by atoms with Crippen LogP contribution in [0.4, 0.5) is 0 Å². The Morgan fingerprint density at radius 1 is 0.829 bits per heavy atom. The molecule has 0 atom stereocenters. The first kappa shape index (κ1) is 25.0. The average molecular weight is 473 g/mol. The van der Waals surface area contributed by atoms with E-state index in [-0.39, 0.29) is 30.0 Å². The van der Waals surface area contributed by atoms with Gasteiger partial charge in [0.25, 0.3) is 0 Å². The van der Waals surface area contributed by atoms with Crippen LogP contribution in [-0.2, 0) is 15.6 Å². The van der Waals surface area contributed by atoms with Gasteiger partial charge in [-0.3, -0.25) is 0 Å². The molecule has 0 saturated heterocycles. The molecule has 0 aliphatic heterocycles. The molecule has 184 valence electrons. The van der Waals surface area contributed by atoms with Crippen molar-refractivity contribution in [2.24, 2.45) is 0 Å². The SMILES string of the molecule is CCOC(=O)c1ccc(-c2ccc(OCCO)c(-c3ccc4c(c3)C(C)(C)CCC4(C)C)c2)cc1. The number of benzene rings is 3. The Labute approximate surface area is 208 Å². The lowest BCUT2D eigenvalue weighted by Crippen LogP contribution is -2.33. The molecule has 0 fully saturated rings. The van der Waals surface area contributed by atoms with E-state index in [1.54, 1.807) is 19.1 Å². The average Bonchev–Trinajstić information content (AvgIpc) is 2.85. The number of carbonyl (C=O) groups is 1. The summed E-state index contributed by atoms with van der Waals surface area (Å²) in [5.41, 5.74) is 7.74. The Balaban J connectivity index is 1.78. The van der Waals surface area contributed by atoms with Crippen molar-refractivity contribution in [3.8, 4) is 28.0 Å². The third kappa shape index (κ3) is 5.13. The monoisotopic (exact) mass is 472 g/mol. The zero-order chi connectivity index (χ0) is 25.2. The molecule has 1 aliphatic rings. The summed E-state index contributed by atoms with van der Waals surface area (Å²) >= 11 is 0. The van der Waals surface area contributed by atoms with Gasteiger partial charge in [0.2, 0.25) is 0 Å². The van der Waals surface area contributed by atoms with E-state index in [1.165, 1.54) is 17.5 Å². The molecule has 0 amide bonds. The fraction of sp³-hybridized carbons (Fsp3) is 0.387. The van der Waals surface area contributed by atoms with Gasteiger partial charge in [-0.1, -0.05) is 64.1 Å². The van der Waals surface area contributed by atoms with Gasteiger partial charge in [-0.15, -0.1) is 0 Å². The lowest BCUT2D eigenvalue weighted by Gasteiger charge is -2.42. The maximum absolute atomic E-state index is 12.0. The molecule has 4 rings (SSSR count). The summed E-state index contributed by atoms with van der Waals surface area (Å²) in [6, 6.07) is 20.4. The maximum Gasteiger partial charge on any atom is 0.338 e. The highest BCUT2D eigenvalue weighted by Crippen LogP contribution is 2.47. The van der Waals surface area contributed by atoms with E-state index in [0.29, 0.717) is 12.2 Å². The fourth-order valence-corrected chi connectivity index (χ4v) is 4.99. The molecule has 4 heteroatoms. The van der Waals surface area contributed by atoms with Gasteiger partial charge in [-0.05, 0) is 82.7 Å². The summed E-state index contributed by atoms with van der Waals surface area (Å²) in [5, 5.41) is 9.35. The minimum atomic E-state index is -0.313. The van der Waals surface area contributed by atoms with Crippen LogP contribution in [0.25, 0.3) is 22.3 Å². The topological polar surface area (TPSA) is 55.8 Å². The molecular formula is C31H36O4. The molecule has 1 aliphatic carbocycles. The molecule has 1 N–H and O–H groups in total. The lowest BCUT2D eigenvalue weighted by molar-refractivity contribution is 0.0526. The normalized spacial score (nSPS) is 15.8. The molecule has 0 bridgehead atoms. The molecule has 0 aromatic heterocycles. The number of carbonyl (C=O) groups excluding carboxylic acids is 1. The summed E-state index contributed by atoms with van der Waals surface area (Å²) in [4.78, 5) is 12.0. The Hall–Kier alpha value is -3.11. The number of aliphatic hydroxyl groups excluding tert-OH is 1. The molecule has 0 radical (unpaired) electrons. The van der Waals surface area contributed by atoms with E-state index in [9.17, 15) is 9.90 Å². The molecule has 3 aromatic rings. The first-order chi connectivity index (χ1) is 16.7. The smallest absolute Gasteiger partial charge is 0.338 e. The van der Waals surface area contributed by atoms with Gasteiger partial charge < -0.3 is 14.6 Å². The second kappa shape index (κ2) is 9.87. The summed E-state index contributed by atoms with van der Waals surface area (Å²) in [6.45, 7) is 11.7. The third-order valence-corrected chi connectivity index (χ3v) is 7.22. The Morgan fingerprint density at radius 3 is 2.11 bits per heavy atom. The van der Waals surface area contributed by atoms with Crippen LogP contribution in [0.2, 0.25) is 0 Å². The molecule has 0 spiro atoms. The minimum Gasteiger partial charge on any atom is -0.491 e. The van der Waals surface area contributed by atoms with Crippen molar-refractivity contribution in [3.63, 3.8) is 0 Å². The van der Waals surface area contributed by atoms with E-state index in [1.807, 2.05) is 24.3 Å².